The Labute approximate surface area is 144 Å². The van der Waals surface area contributed by atoms with Crippen molar-refractivity contribution in [1.29, 1.82) is 0 Å². The average molecular weight is 344 g/mol. The maximum absolute atomic E-state index is 11.5. The van der Waals surface area contributed by atoms with Gasteiger partial charge in [0.25, 0.3) is 5.91 Å². The van der Waals surface area contributed by atoms with Crippen LogP contribution in [0.15, 0.2) is 33.7 Å². The zero-order valence-electron chi connectivity index (χ0n) is 14.0. The summed E-state index contributed by atoms with van der Waals surface area (Å²) in [5, 5.41) is 9.57. The Morgan fingerprint density at radius 3 is 3.00 bits per heavy atom. The molecule has 0 atom stereocenters. The van der Waals surface area contributed by atoms with Crippen LogP contribution in [-0.4, -0.2) is 29.4 Å². The van der Waals surface area contributed by atoms with Gasteiger partial charge >= 0.3 is 0 Å². The van der Waals surface area contributed by atoms with Crippen LogP contribution >= 0.6 is 11.3 Å². The molecule has 1 aromatic carbocycles. The zero-order chi connectivity index (χ0) is 17.1. The van der Waals surface area contributed by atoms with E-state index in [1.165, 1.54) is 0 Å². The fourth-order valence-electron chi connectivity index (χ4n) is 2.32. The predicted molar refractivity (Wildman–Crippen MR) is 96.8 cm³/mol. The number of benzene rings is 1. The number of fused-ring (bicyclic) bond motifs is 1. The normalized spacial score (nSPS) is 15.0. The molecule has 3 rings (SSSR count). The molecule has 1 aliphatic rings. The third kappa shape index (κ3) is 3.26. The van der Waals surface area contributed by atoms with Crippen LogP contribution < -0.4 is 14.9 Å². The van der Waals surface area contributed by atoms with Gasteiger partial charge in [0.2, 0.25) is 4.80 Å². The lowest BCUT2D eigenvalue weighted by Crippen LogP contribution is -2.25. The molecule has 0 bridgehead atoms. The molecule has 1 amide bonds. The first-order valence-electron chi connectivity index (χ1n) is 7.95. The van der Waals surface area contributed by atoms with Crippen LogP contribution in [0, 0.1) is 0 Å². The molecule has 24 heavy (non-hydrogen) atoms. The Morgan fingerprint density at radius 1 is 1.42 bits per heavy atom. The fourth-order valence-corrected chi connectivity index (χ4v) is 3.22. The number of anilines is 1. The first kappa shape index (κ1) is 16.4. The lowest BCUT2D eigenvalue weighted by atomic mass is 10.1. The summed E-state index contributed by atoms with van der Waals surface area (Å²) in [4.78, 5) is 16.9. The number of hydrogen-bond acceptors (Lipinski definition) is 5. The molecule has 0 aliphatic carbocycles. The van der Waals surface area contributed by atoms with Gasteiger partial charge in [-0.3, -0.25) is 9.79 Å². The van der Waals surface area contributed by atoms with Gasteiger partial charge in [-0.15, -0.1) is 11.3 Å². The number of carbonyl (C=O) groups excluding carboxylic acids is 1. The Balaban J connectivity index is 2.11. The van der Waals surface area contributed by atoms with Crippen LogP contribution in [-0.2, 0) is 4.79 Å². The standard InChI is InChI=1S/C17H20N4O2S/c1-4-11(3)20-21-14(10-24-17(21)18-5-2)12-6-7-15-13(8-12)19-16(22)9-23-15/h6-8,10H,4-5,9H2,1-3H3,(H,19,22). The van der Waals surface area contributed by atoms with Gasteiger partial charge in [-0.05, 0) is 38.5 Å². The summed E-state index contributed by atoms with van der Waals surface area (Å²) in [6.07, 6.45) is 0.877. The SMILES string of the molecule is CCN=c1scc(-c2ccc3c(c2)NC(=O)CO3)n1N=C(C)CC. The van der Waals surface area contributed by atoms with Crippen LogP contribution in [0.25, 0.3) is 11.3 Å². The molecule has 2 aromatic rings. The highest BCUT2D eigenvalue weighted by molar-refractivity contribution is 7.07. The van der Waals surface area contributed by atoms with Crippen molar-refractivity contribution in [3.8, 4) is 17.0 Å². The third-order valence-electron chi connectivity index (χ3n) is 3.67. The van der Waals surface area contributed by atoms with Gasteiger partial charge in [-0.1, -0.05) is 6.92 Å². The number of hydrogen-bond donors (Lipinski definition) is 1. The Morgan fingerprint density at radius 2 is 2.25 bits per heavy atom. The second-order valence-corrected chi connectivity index (χ2v) is 6.26. The topological polar surface area (TPSA) is 68.0 Å². The number of rotatable bonds is 4. The van der Waals surface area contributed by atoms with Crippen molar-refractivity contribution < 1.29 is 9.53 Å². The van der Waals surface area contributed by atoms with E-state index in [0.717, 1.165) is 28.2 Å². The summed E-state index contributed by atoms with van der Waals surface area (Å²) in [7, 11) is 0. The molecule has 0 radical (unpaired) electrons. The molecule has 0 saturated heterocycles. The van der Waals surface area contributed by atoms with Crippen molar-refractivity contribution in [2.75, 3.05) is 18.5 Å². The number of carbonyl (C=O) groups is 1. The van der Waals surface area contributed by atoms with Gasteiger partial charge in [-0.25, -0.2) is 4.68 Å². The third-order valence-corrected chi connectivity index (χ3v) is 4.52. The maximum Gasteiger partial charge on any atom is 0.262 e. The molecule has 7 heteroatoms. The van der Waals surface area contributed by atoms with E-state index in [0.29, 0.717) is 18.0 Å². The minimum Gasteiger partial charge on any atom is -0.482 e. The van der Waals surface area contributed by atoms with Crippen molar-refractivity contribution in [2.45, 2.75) is 27.2 Å². The van der Waals surface area contributed by atoms with Gasteiger partial charge in [0.05, 0.1) is 11.4 Å². The van der Waals surface area contributed by atoms with E-state index in [1.54, 1.807) is 11.3 Å². The first-order valence-corrected chi connectivity index (χ1v) is 8.83. The number of nitrogens with zero attached hydrogens (tertiary/aromatic N) is 3. The van der Waals surface area contributed by atoms with E-state index in [2.05, 4.69) is 17.2 Å². The molecule has 0 spiro atoms. The average Bonchev–Trinajstić information content (AvgIpc) is 2.97. The smallest absolute Gasteiger partial charge is 0.262 e. The second kappa shape index (κ2) is 7.00. The molecule has 126 valence electrons. The zero-order valence-corrected chi connectivity index (χ0v) is 14.8. The molecule has 1 aromatic heterocycles. The summed E-state index contributed by atoms with van der Waals surface area (Å²) in [5.74, 6) is 0.547. The fraction of sp³-hybridized carbons (Fsp3) is 0.353. The molecule has 1 aliphatic heterocycles. The van der Waals surface area contributed by atoms with E-state index < -0.39 is 0 Å². The summed E-state index contributed by atoms with van der Waals surface area (Å²) >= 11 is 1.56. The Bertz CT molecular complexity index is 864. The van der Waals surface area contributed by atoms with Crippen LogP contribution in [0.2, 0.25) is 0 Å². The predicted octanol–water partition coefficient (Wildman–Crippen LogP) is 3.10. The lowest BCUT2D eigenvalue weighted by molar-refractivity contribution is -0.118. The summed E-state index contributed by atoms with van der Waals surface area (Å²) in [6.45, 7) is 6.85. The van der Waals surface area contributed by atoms with Crippen LogP contribution in [0.3, 0.4) is 0 Å². The molecule has 0 saturated carbocycles. The largest absolute Gasteiger partial charge is 0.482 e. The van der Waals surface area contributed by atoms with Crippen LogP contribution in [0.4, 0.5) is 5.69 Å². The van der Waals surface area contributed by atoms with E-state index in [4.69, 9.17) is 9.84 Å². The molecule has 1 N–H and O–H groups in total. The van der Waals surface area contributed by atoms with Gasteiger partial charge in [0, 0.05) is 23.2 Å². The monoisotopic (exact) mass is 344 g/mol. The summed E-state index contributed by atoms with van der Waals surface area (Å²) in [5.41, 5.74) is 3.62. The van der Waals surface area contributed by atoms with E-state index in [1.807, 2.05) is 42.1 Å². The summed E-state index contributed by atoms with van der Waals surface area (Å²) < 4.78 is 7.30. The first-order chi connectivity index (χ1) is 11.6. The minimum atomic E-state index is -0.139. The van der Waals surface area contributed by atoms with Crippen LogP contribution in [0.1, 0.15) is 27.2 Å². The lowest BCUT2D eigenvalue weighted by Gasteiger charge is -2.18. The number of aromatic nitrogens is 1. The van der Waals surface area contributed by atoms with Crippen molar-refractivity contribution in [3.63, 3.8) is 0 Å². The van der Waals surface area contributed by atoms with Gasteiger partial charge < -0.3 is 10.1 Å². The Hall–Kier alpha value is -2.41. The number of ether oxygens (including phenoxy) is 1. The van der Waals surface area contributed by atoms with Crippen molar-refractivity contribution in [3.05, 3.63) is 28.4 Å². The molecule has 0 fully saturated rings. The highest BCUT2D eigenvalue weighted by Crippen LogP contribution is 2.32. The summed E-state index contributed by atoms with van der Waals surface area (Å²) in [6, 6.07) is 5.76. The van der Waals surface area contributed by atoms with Crippen molar-refractivity contribution in [2.24, 2.45) is 10.1 Å². The minimum absolute atomic E-state index is 0.0598. The van der Waals surface area contributed by atoms with E-state index in [9.17, 15) is 4.79 Å². The molecular weight excluding hydrogens is 324 g/mol. The molecule has 0 unspecified atom stereocenters. The Kier molecular flexibility index (Phi) is 4.80. The highest BCUT2D eigenvalue weighted by atomic mass is 32.1. The van der Waals surface area contributed by atoms with Crippen LogP contribution in [0.5, 0.6) is 5.75 Å². The molecule has 6 nitrogen and oxygen atoms in total. The number of amides is 1. The van der Waals surface area contributed by atoms with Gasteiger partial charge in [0.1, 0.15) is 5.75 Å². The van der Waals surface area contributed by atoms with Gasteiger partial charge in [0.15, 0.2) is 6.61 Å². The highest BCUT2D eigenvalue weighted by Gasteiger charge is 2.17. The molecular formula is C17H20N4O2S. The number of nitrogens with one attached hydrogen (secondary N) is 1. The van der Waals surface area contributed by atoms with E-state index in [-0.39, 0.29) is 12.5 Å². The van der Waals surface area contributed by atoms with Crippen molar-refractivity contribution >= 4 is 28.6 Å². The number of thiazole rings is 1. The quantitative estimate of drug-likeness (QED) is 0.866. The van der Waals surface area contributed by atoms with Crippen molar-refractivity contribution in [1.82, 2.24) is 4.68 Å². The van der Waals surface area contributed by atoms with Gasteiger partial charge in [-0.2, -0.15) is 5.10 Å². The maximum atomic E-state index is 11.5. The second-order valence-electron chi connectivity index (χ2n) is 5.43. The molecule has 2 heterocycles. The van der Waals surface area contributed by atoms with E-state index >= 15 is 0 Å².